The number of aliphatic imine (C=N–C) groups is 1. The third kappa shape index (κ3) is 29.8. The zero-order valence-electron chi connectivity index (χ0n) is 35.5. The lowest BCUT2D eigenvalue weighted by atomic mass is 10.1. The second-order valence-corrected chi connectivity index (χ2v) is 12.7. The molecule has 1 aliphatic rings. The topological polar surface area (TPSA) is 264 Å². The largest absolute Gasteiger partial charge is 0.465 e. The molecule has 0 aliphatic carbocycles. The van der Waals surface area contributed by atoms with Gasteiger partial charge >= 0.3 is 12.1 Å². The lowest BCUT2D eigenvalue weighted by Crippen LogP contribution is -2.41. The molecule has 22 heteroatoms. The van der Waals surface area contributed by atoms with Crippen LogP contribution in [0.5, 0.6) is 0 Å². The Morgan fingerprint density at radius 2 is 1.05 bits per heavy atom. The number of carbonyl (C=O) groups excluding carboxylic acids is 2. The minimum atomic E-state index is -1.07. The van der Waals surface area contributed by atoms with E-state index in [2.05, 4.69) is 25.9 Å². The minimum Gasteiger partial charge on any atom is -0.465 e. The number of nitrogens with two attached hydrogens (primary N) is 1. The summed E-state index contributed by atoms with van der Waals surface area (Å²) < 4.78 is 54.3. The smallest absolute Gasteiger partial charge is 0.404 e. The molecule has 0 spiro atoms. The number of carboxylic acid groups (broad SMARTS) is 1. The zero-order chi connectivity index (χ0) is 43.9. The van der Waals surface area contributed by atoms with Crippen molar-refractivity contribution < 1.29 is 71.7 Å². The van der Waals surface area contributed by atoms with Crippen LogP contribution in [-0.4, -0.2) is 204 Å². The van der Waals surface area contributed by atoms with Crippen molar-refractivity contribution in [2.45, 2.75) is 19.8 Å². The number of nitrogens with zero attached hydrogens (tertiary/aromatic N) is 3. The van der Waals surface area contributed by atoms with Gasteiger partial charge in [0.05, 0.1) is 151 Å². The molecule has 2 rings (SSSR count). The fraction of sp³-hybridized carbons (Fsp3) is 0.718. The van der Waals surface area contributed by atoms with Crippen molar-refractivity contribution in [3.05, 3.63) is 29.6 Å². The molecule has 1 aliphatic heterocycles. The maximum atomic E-state index is 13.2. The van der Waals surface area contributed by atoms with Crippen molar-refractivity contribution in [3.63, 3.8) is 0 Å². The summed E-state index contributed by atoms with van der Waals surface area (Å²) >= 11 is 0. The number of carbonyl (C=O) groups is 3. The molecule has 6 N–H and O–H groups in total. The molecule has 4 amide bonds. The van der Waals surface area contributed by atoms with Crippen LogP contribution in [0, 0.1) is 0 Å². The summed E-state index contributed by atoms with van der Waals surface area (Å²) in [5.41, 5.74) is 7.84. The van der Waals surface area contributed by atoms with Crippen LogP contribution < -0.4 is 21.7 Å². The molecule has 0 atom stereocenters. The van der Waals surface area contributed by atoms with Crippen LogP contribution in [0.4, 0.5) is 15.3 Å². The monoisotopic (exact) mass is 873 g/mol. The molecule has 2 heterocycles. The third-order valence-corrected chi connectivity index (χ3v) is 7.76. The van der Waals surface area contributed by atoms with Crippen LogP contribution in [0.25, 0.3) is 6.08 Å². The van der Waals surface area contributed by atoms with E-state index in [-0.39, 0.29) is 38.1 Å². The highest BCUT2D eigenvalue weighted by Crippen LogP contribution is 2.26. The molecule has 0 radical (unpaired) electrons. The number of urea groups is 1. The second-order valence-electron chi connectivity index (χ2n) is 12.7. The van der Waals surface area contributed by atoms with Crippen LogP contribution in [0.3, 0.4) is 0 Å². The Kier molecular flexibility index (Phi) is 32.8. The van der Waals surface area contributed by atoms with Crippen LogP contribution >= 0.6 is 0 Å². The molecule has 0 unspecified atom stereocenters. The minimum absolute atomic E-state index is 0.101. The van der Waals surface area contributed by atoms with Crippen molar-refractivity contribution >= 4 is 35.6 Å². The highest BCUT2D eigenvalue weighted by molar-refractivity contribution is 6.05. The molecule has 0 bridgehead atoms. The molecule has 22 nitrogen and oxygen atoms in total. The molecule has 0 saturated carbocycles. The van der Waals surface area contributed by atoms with Gasteiger partial charge in [-0.1, -0.05) is 6.92 Å². The lowest BCUT2D eigenvalue weighted by Gasteiger charge is -2.22. The average Bonchev–Trinajstić information content (AvgIpc) is 3.42. The normalized spacial score (nSPS) is 12.3. The summed E-state index contributed by atoms with van der Waals surface area (Å²) in [6, 6.07) is 1.40. The van der Waals surface area contributed by atoms with E-state index in [0.717, 1.165) is 5.56 Å². The van der Waals surface area contributed by atoms with Crippen molar-refractivity contribution in [1.82, 2.24) is 26.0 Å². The number of nitrogens with one attached hydrogen (secondary N) is 3. The van der Waals surface area contributed by atoms with Crippen LogP contribution in [0.2, 0.25) is 0 Å². The number of hydroxylamine groups is 2. The number of fused-ring (bicyclic) bond motifs is 1. The van der Waals surface area contributed by atoms with Gasteiger partial charge in [0.25, 0.3) is 5.91 Å². The van der Waals surface area contributed by atoms with Crippen LogP contribution in [0.15, 0.2) is 29.0 Å². The SMILES string of the molecule is CCCN(OCCNC(=O)NCCOCCOCCOCCOCCOCCOCCOCCOCCOCCOCCNC(=O)O)C(=O)C1=Cc2ccncc2N=C(N)C1. The van der Waals surface area contributed by atoms with Gasteiger partial charge in [-0.3, -0.25) is 14.6 Å². The standard InChI is InChI=1S/C39H67N7O15/c1-2-8-46(37(47)34-30-33-3-4-41-32-35(33)45-36(40)31-34)61-11-7-43-38(48)42-5-9-51-12-14-53-16-18-55-20-22-57-24-26-59-28-29-60-27-25-58-23-21-56-19-17-54-15-13-52-10-6-44-39(49)50/h3-4,30,32,44H,2,5-29,31H2,1H3,(H2,40,45)(H,49,50)(H2,42,43,48). The molecule has 61 heavy (non-hydrogen) atoms. The quantitative estimate of drug-likeness (QED) is 0.0450. The van der Waals surface area contributed by atoms with Gasteiger partial charge in [0.15, 0.2) is 0 Å². The Balaban J connectivity index is 1.26. The fourth-order valence-electron chi connectivity index (χ4n) is 4.90. The summed E-state index contributed by atoms with van der Waals surface area (Å²) in [4.78, 5) is 49.8. The highest BCUT2D eigenvalue weighted by Gasteiger charge is 2.22. The average molecular weight is 874 g/mol. The Bertz CT molecular complexity index is 1360. The Hall–Kier alpha value is -4.07. The first kappa shape index (κ1) is 53.1. The lowest BCUT2D eigenvalue weighted by molar-refractivity contribution is -0.181. The van der Waals surface area contributed by atoms with E-state index in [1.807, 2.05) is 6.92 Å². The number of ether oxygens (including phenoxy) is 10. The molecule has 0 saturated heterocycles. The Morgan fingerprint density at radius 1 is 0.639 bits per heavy atom. The van der Waals surface area contributed by atoms with Crippen LogP contribution in [-0.2, 0) is 57.0 Å². The van der Waals surface area contributed by atoms with Gasteiger partial charge in [-0.25, -0.2) is 19.6 Å². The number of amidine groups is 1. The predicted molar refractivity (Wildman–Crippen MR) is 222 cm³/mol. The predicted octanol–water partition coefficient (Wildman–Crippen LogP) is 0.760. The number of pyridine rings is 1. The highest BCUT2D eigenvalue weighted by atomic mass is 16.7. The van der Waals surface area contributed by atoms with Gasteiger partial charge in [-0.05, 0) is 18.6 Å². The Morgan fingerprint density at radius 3 is 1.48 bits per heavy atom. The first-order chi connectivity index (χ1) is 29.9. The van der Waals surface area contributed by atoms with Gasteiger partial charge in [0, 0.05) is 49.9 Å². The molecule has 1 aromatic heterocycles. The summed E-state index contributed by atoms with van der Waals surface area (Å²) in [6.07, 6.45) is 4.78. The summed E-state index contributed by atoms with van der Waals surface area (Å²) in [5, 5.41) is 17.3. The van der Waals surface area contributed by atoms with Crippen molar-refractivity contribution in [1.29, 1.82) is 0 Å². The molecule has 1 aromatic rings. The maximum Gasteiger partial charge on any atom is 0.404 e. The van der Waals surface area contributed by atoms with Gasteiger partial charge in [0.1, 0.15) is 5.84 Å². The second kappa shape index (κ2) is 37.7. The summed E-state index contributed by atoms with van der Waals surface area (Å²) in [6.45, 7) is 11.7. The van der Waals surface area contributed by atoms with Crippen molar-refractivity contribution in [2.24, 2.45) is 10.7 Å². The summed E-state index contributed by atoms with van der Waals surface area (Å²) in [7, 11) is 0. The third-order valence-electron chi connectivity index (χ3n) is 7.76. The maximum absolute atomic E-state index is 13.2. The number of rotatable bonds is 40. The first-order valence-electron chi connectivity index (χ1n) is 20.6. The van der Waals surface area contributed by atoms with E-state index in [0.29, 0.717) is 169 Å². The molecular formula is C39H67N7O15. The molecule has 0 aromatic carbocycles. The van der Waals surface area contributed by atoms with Gasteiger partial charge in [-0.15, -0.1) is 0 Å². The Labute approximate surface area is 357 Å². The zero-order valence-corrected chi connectivity index (χ0v) is 35.5. The van der Waals surface area contributed by atoms with E-state index in [1.165, 1.54) is 5.06 Å². The van der Waals surface area contributed by atoms with E-state index >= 15 is 0 Å². The van der Waals surface area contributed by atoms with Crippen molar-refractivity contribution in [3.8, 4) is 0 Å². The first-order valence-corrected chi connectivity index (χ1v) is 20.6. The number of amides is 4. The molecule has 348 valence electrons. The van der Waals surface area contributed by atoms with Gasteiger partial charge in [0.2, 0.25) is 0 Å². The van der Waals surface area contributed by atoms with E-state index in [4.69, 9.17) is 63.0 Å². The molecular weight excluding hydrogens is 806 g/mol. The fourth-order valence-corrected chi connectivity index (χ4v) is 4.90. The van der Waals surface area contributed by atoms with Crippen molar-refractivity contribution in [2.75, 3.05) is 165 Å². The summed E-state index contributed by atoms with van der Waals surface area (Å²) in [5.74, 6) is 0.00454. The van der Waals surface area contributed by atoms with E-state index in [9.17, 15) is 14.4 Å². The van der Waals surface area contributed by atoms with E-state index in [1.54, 1.807) is 24.5 Å². The van der Waals surface area contributed by atoms with Gasteiger partial charge < -0.3 is 74.2 Å². The van der Waals surface area contributed by atoms with E-state index < -0.39 is 6.09 Å². The molecule has 0 fully saturated rings. The van der Waals surface area contributed by atoms with Crippen LogP contribution in [0.1, 0.15) is 25.3 Å². The number of hydrogen-bond acceptors (Lipinski definition) is 17. The van der Waals surface area contributed by atoms with Gasteiger partial charge in [-0.2, -0.15) is 0 Å². The number of hydrogen-bond donors (Lipinski definition) is 5. The number of aromatic nitrogens is 1.